The molecule has 0 spiro atoms. The lowest BCUT2D eigenvalue weighted by atomic mass is 10.1. The molecular weight excluding hydrogens is 313 g/mol. The summed E-state index contributed by atoms with van der Waals surface area (Å²) in [5, 5.41) is 3.88. The fraction of sp³-hybridized carbons (Fsp3) is 0.400. The van der Waals surface area contributed by atoms with Crippen LogP contribution in [0.25, 0.3) is 0 Å². The zero-order valence-electron chi connectivity index (χ0n) is 11.6. The molecule has 0 N–H and O–H groups in total. The Balaban J connectivity index is 1.84. The first-order valence-corrected chi connectivity index (χ1v) is 8.28. The molecule has 20 heavy (non-hydrogen) atoms. The highest BCUT2D eigenvalue weighted by atomic mass is 35.5. The van der Waals surface area contributed by atoms with E-state index in [4.69, 9.17) is 27.9 Å². The van der Waals surface area contributed by atoms with Crippen molar-refractivity contribution in [2.75, 3.05) is 6.61 Å². The molecule has 108 valence electrons. The normalized spacial score (nSPS) is 10.8. The molecule has 2 rings (SSSR count). The van der Waals surface area contributed by atoms with Crippen molar-refractivity contribution in [3.05, 3.63) is 44.4 Å². The number of aryl methyl sites for hydroxylation is 3. The van der Waals surface area contributed by atoms with Gasteiger partial charge in [0.15, 0.2) is 0 Å². The number of nitrogens with zero attached hydrogens (tertiary/aromatic N) is 1. The molecule has 0 atom stereocenters. The number of hydrogen-bond donors (Lipinski definition) is 0. The lowest BCUT2D eigenvalue weighted by Crippen LogP contribution is -2.02. The minimum absolute atomic E-state index is 0.482. The average molecular weight is 330 g/mol. The Morgan fingerprint density at radius 1 is 1.25 bits per heavy atom. The van der Waals surface area contributed by atoms with Crippen LogP contribution in [-0.4, -0.2) is 11.6 Å². The maximum atomic E-state index is 6.01. The van der Waals surface area contributed by atoms with Crippen molar-refractivity contribution in [3.8, 4) is 5.75 Å². The lowest BCUT2D eigenvalue weighted by Gasteiger charge is -2.12. The first-order valence-electron chi connectivity index (χ1n) is 6.49. The summed E-state index contributed by atoms with van der Waals surface area (Å²) in [6.07, 6.45) is 1.87. The van der Waals surface area contributed by atoms with Gasteiger partial charge >= 0.3 is 0 Å². The molecule has 0 aliphatic heterocycles. The van der Waals surface area contributed by atoms with E-state index in [1.807, 2.05) is 31.4 Å². The molecule has 0 fully saturated rings. The van der Waals surface area contributed by atoms with Crippen molar-refractivity contribution in [1.82, 2.24) is 4.98 Å². The second kappa shape index (κ2) is 7.30. The largest absolute Gasteiger partial charge is 0.493 e. The van der Waals surface area contributed by atoms with E-state index in [2.05, 4.69) is 4.98 Å². The molecule has 0 amide bonds. The molecule has 0 bridgehead atoms. The molecule has 0 aliphatic carbocycles. The van der Waals surface area contributed by atoms with Crippen molar-refractivity contribution in [3.63, 3.8) is 0 Å². The molecule has 2 aromatic rings. The van der Waals surface area contributed by atoms with Crippen molar-refractivity contribution >= 4 is 34.5 Å². The van der Waals surface area contributed by atoms with Crippen LogP contribution in [0.1, 0.15) is 28.2 Å². The number of benzene rings is 1. The van der Waals surface area contributed by atoms with E-state index in [9.17, 15) is 0 Å². The molecule has 1 aromatic heterocycles. The maximum absolute atomic E-state index is 6.01. The number of rotatable bonds is 6. The van der Waals surface area contributed by atoms with Gasteiger partial charge in [-0.2, -0.15) is 0 Å². The molecule has 1 aromatic carbocycles. The smallest absolute Gasteiger partial charge is 0.125 e. The van der Waals surface area contributed by atoms with Gasteiger partial charge in [-0.1, -0.05) is 11.6 Å². The predicted octanol–water partition coefficient (Wildman–Crippen LogP) is 5.16. The summed E-state index contributed by atoms with van der Waals surface area (Å²) in [5.74, 6) is 1.42. The number of aromatic nitrogens is 1. The number of halogens is 2. The van der Waals surface area contributed by atoms with E-state index < -0.39 is 0 Å². The van der Waals surface area contributed by atoms with Crippen LogP contribution in [0.2, 0.25) is 5.02 Å². The number of ether oxygens (including phenoxy) is 1. The minimum atomic E-state index is 0.482. The minimum Gasteiger partial charge on any atom is -0.493 e. The summed E-state index contributed by atoms with van der Waals surface area (Å²) < 4.78 is 5.87. The third kappa shape index (κ3) is 4.11. The molecule has 0 unspecified atom stereocenters. The monoisotopic (exact) mass is 329 g/mol. The Hall–Kier alpha value is -0.770. The van der Waals surface area contributed by atoms with Gasteiger partial charge in [0.1, 0.15) is 5.75 Å². The van der Waals surface area contributed by atoms with Crippen LogP contribution in [0.5, 0.6) is 5.75 Å². The van der Waals surface area contributed by atoms with Crippen LogP contribution in [0, 0.1) is 13.8 Å². The third-order valence-electron chi connectivity index (χ3n) is 2.94. The van der Waals surface area contributed by atoms with E-state index in [-0.39, 0.29) is 0 Å². The number of alkyl halides is 1. The van der Waals surface area contributed by atoms with E-state index in [1.54, 1.807) is 11.3 Å². The van der Waals surface area contributed by atoms with Crippen LogP contribution in [0.4, 0.5) is 0 Å². The second-order valence-corrected chi connectivity index (χ2v) is 6.33. The van der Waals surface area contributed by atoms with Gasteiger partial charge in [0.25, 0.3) is 0 Å². The molecule has 5 heteroatoms. The number of hydrogen-bond acceptors (Lipinski definition) is 3. The Bertz CT molecular complexity index is 560. The van der Waals surface area contributed by atoms with Gasteiger partial charge in [0, 0.05) is 16.8 Å². The predicted molar refractivity (Wildman–Crippen MR) is 86.4 cm³/mol. The summed E-state index contributed by atoms with van der Waals surface area (Å²) in [4.78, 5) is 4.43. The molecular formula is C15H17Cl2NOS. The first kappa shape index (κ1) is 15.6. The Kier molecular flexibility index (Phi) is 5.70. The molecule has 0 radical (unpaired) electrons. The molecule has 1 heterocycles. The van der Waals surface area contributed by atoms with E-state index >= 15 is 0 Å². The van der Waals surface area contributed by atoms with E-state index in [1.165, 1.54) is 0 Å². The fourth-order valence-electron chi connectivity index (χ4n) is 2.05. The van der Waals surface area contributed by atoms with Gasteiger partial charge in [0.05, 0.1) is 23.2 Å². The molecule has 0 aliphatic rings. The van der Waals surface area contributed by atoms with Crippen molar-refractivity contribution in [1.29, 1.82) is 0 Å². The summed E-state index contributed by atoms with van der Waals surface area (Å²) in [7, 11) is 0. The summed E-state index contributed by atoms with van der Waals surface area (Å²) >= 11 is 13.4. The topological polar surface area (TPSA) is 22.1 Å². The summed E-state index contributed by atoms with van der Waals surface area (Å²) in [5.41, 5.74) is 3.11. The quantitative estimate of drug-likeness (QED) is 0.539. The SMILES string of the molecule is Cc1cc(Cl)cc(C)c1OCCCc1nc(CCl)cs1. The van der Waals surface area contributed by atoms with Gasteiger partial charge in [-0.05, 0) is 43.5 Å². The highest BCUT2D eigenvalue weighted by Crippen LogP contribution is 2.27. The highest BCUT2D eigenvalue weighted by Gasteiger charge is 2.06. The number of thiazole rings is 1. The zero-order chi connectivity index (χ0) is 14.5. The van der Waals surface area contributed by atoms with E-state index in [0.29, 0.717) is 12.5 Å². The van der Waals surface area contributed by atoms with Gasteiger partial charge in [-0.3, -0.25) is 0 Å². The van der Waals surface area contributed by atoms with Crippen molar-refractivity contribution in [2.45, 2.75) is 32.6 Å². The van der Waals surface area contributed by atoms with Crippen molar-refractivity contribution in [2.24, 2.45) is 0 Å². The second-order valence-electron chi connectivity index (χ2n) is 4.69. The molecule has 0 saturated carbocycles. The molecule has 2 nitrogen and oxygen atoms in total. The standard InChI is InChI=1S/C15H17Cl2NOS/c1-10-6-12(17)7-11(2)15(10)19-5-3-4-14-18-13(8-16)9-20-14/h6-7,9H,3-5,8H2,1-2H3. The Labute approximate surface area is 133 Å². The fourth-order valence-corrected chi connectivity index (χ4v) is 3.44. The lowest BCUT2D eigenvalue weighted by molar-refractivity contribution is 0.307. The third-order valence-corrected chi connectivity index (χ3v) is 4.39. The van der Waals surface area contributed by atoms with Crippen LogP contribution in [0.15, 0.2) is 17.5 Å². The van der Waals surface area contributed by atoms with Gasteiger partial charge < -0.3 is 4.74 Å². The Morgan fingerprint density at radius 3 is 2.55 bits per heavy atom. The first-order chi connectivity index (χ1) is 9.60. The average Bonchev–Trinajstić information content (AvgIpc) is 2.84. The van der Waals surface area contributed by atoms with Gasteiger partial charge in [0.2, 0.25) is 0 Å². The van der Waals surface area contributed by atoms with Gasteiger partial charge in [-0.25, -0.2) is 4.98 Å². The molecule has 0 saturated heterocycles. The van der Waals surface area contributed by atoms with Crippen molar-refractivity contribution < 1.29 is 4.74 Å². The highest BCUT2D eigenvalue weighted by molar-refractivity contribution is 7.09. The Morgan fingerprint density at radius 2 is 1.95 bits per heavy atom. The van der Waals surface area contributed by atoms with E-state index in [0.717, 1.165) is 45.4 Å². The summed E-state index contributed by atoms with van der Waals surface area (Å²) in [6, 6.07) is 3.86. The van der Waals surface area contributed by atoms with Crippen LogP contribution < -0.4 is 4.74 Å². The summed E-state index contributed by atoms with van der Waals surface area (Å²) in [6.45, 7) is 4.71. The zero-order valence-corrected chi connectivity index (χ0v) is 13.9. The van der Waals surface area contributed by atoms with Crippen LogP contribution >= 0.6 is 34.5 Å². The maximum Gasteiger partial charge on any atom is 0.125 e. The van der Waals surface area contributed by atoms with Crippen LogP contribution in [-0.2, 0) is 12.3 Å². The van der Waals surface area contributed by atoms with Gasteiger partial charge in [-0.15, -0.1) is 22.9 Å². The van der Waals surface area contributed by atoms with Crippen LogP contribution in [0.3, 0.4) is 0 Å².